The number of hydrogen-bond donors (Lipinski definition) is 1. The molecular formula is C12H14O2S2. The SMILES string of the molecule is O=C(O)CCC1(c2ccccc2)SCCS1. The summed E-state index contributed by atoms with van der Waals surface area (Å²) in [4.78, 5) is 10.7. The van der Waals surface area contributed by atoms with E-state index in [-0.39, 0.29) is 10.5 Å². The van der Waals surface area contributed by atoms with Crippen molar-refractivity contribution in [2.24, 2.45) is 0 Å². The lowest BCUT2D eigenvalue weighted by Gasteiger charge is -2.27. The minimum atomic E-state index is -0.705. The zero-order chi connectivity index (χ0) is 11.4. The molecule has 1 fully saturated rings. The highest BCUT2D eigenvalue weighted by Crippen LogP contribution is 2.54. The molecule has 1 N–H and O–H groups in total. The standard InChI is InChI=1S/C12H14O2S2/c13-11(14)6-7-12(15-8-9-16-12)10-4-2-1-3-5-10/h1-5H,6-9H2,(H,13,14). The van der Waals surface area contributed by atoms with Gasteiger partial charge < -0.3 is 5.11 Å². The normalized spacial score (nSPS) is 18.5. The number of benzene rings is 1. The third-order valence-corrected chi connectivity index (χ3v) is 6.23. The maximum absolute atomic E-state index is 10.7. The number of hydrogen-bond acceptors (Lipinski definition) is 3. The highest BCUT2D eigenvalue weighted by molar-refractivity contribution is 8.20. The zero-order valence-corrected chi connectivity index (χ0v) is 10.5. The van der Waals surface area contributed by atoms with Gasteiger partial charge in [-0.15, -0.1) is 23.5 Å². The number of aliphatic carboxylic acids is 1. The summed E-state index contributed by atoms with van der Waals surface area (Å²) in [5.74, 6) is 1.52. The predicted molar refractivity (Wildman–Crippen MR) is 69.9 cm³/mol. The molecule has 0 saturated carbocycles. The number of carbonyl (C=O) groups is 1. The Hall–Kier alpha value is -0.610. The van der Waals surface area contributed by atoms with E-state index in [0.29, 0.717) is 6.42 Å². The zero-order valence-electron chi connectivity index (χ0n) is 8.89. The highest BCUT2D eigenvalue weighted by Gasteiger charge is 2.37. The second kappa shape index (κ2) is 5.15. The highest BCUT2D eigenvalue weighted by atomic mass is 32.2. The van der Waals surface area contributed by atoms with Crippen molar-refractivity contribution >= 4 is 29.5 Å². The van der Waals surface area contributed by atoms with E-state index < -0.39 is 5.97 Å². The molecule has 1 aromatic rings. The molecule has 4 heteroatoms. The molecule has 0 unspecified atom stereocenters. The van der Waals surface area contributed by atoms with Crippen LogP contribution in [0.15, 0.2) is 30.3 Å². The van der Waals surface area contributed by atoms with E-state index in [1.807, 2.05) is 41.7 Å². The summed E-state index contributed by atoms with van der Waals surface area (Å²) in [6.07, 6.45) is 0.955. The van der Waals surface area contributed by atoms with Crippen LogP contribution in [0, 0.1) is 0 Å². The molecule has 2 nitrogen and oxygen atoms in total. The van der Waals surface area contributed by atoms with Gasteiger partial charge in [0, 0.05) is 17.9 Å². The van der Waals surface area contributed by atoms with Gasteiger partial charge in [0.1, 0.15) is 0 Å². The van der Waals surface area contributed by atoms with E-state index in [4.69, 9.17) is 5.11 Å². The average molecular weight is 254 g/mol. The van der Waals surface area contributed by atoms with Crippen molar-refractivity contribution in [2.75, 3.05) is 11.5 Å². The molecule has 0 bridgehead atoms. The molecule has 0 atom stereocenters. The van der Waals surface area contributed by atoms with Crippen molar-refractivity contribution in [1.29, 1.82) is 0 Å². The molecular weight excluding hydrogens is 240 g/mol. The van der Waals surface area contributed by atoms with E-state index in [1.54, 1.807) is 0 Å². The van der Waals surface area contributed by atoms with E-state index in [0.717, 1.165) is 11.5 Å². The Morgan fingerprint density at radius 3 is 2.44 bits per heavy atom. The van der Waals surface area contributed by atoms with E-state index >= 15 is 0 Å². The molecule has 16 heavy (non-hydrogen) atoms. The monoisotopic (exact) mass is 254 g/mol. The van der Waals surface area contributed by atoms with Crippen LogP contribution in [0.4, 0.5) is 0 Å². The molecule has 0 aliphatic carbocycles. The number of thioether (sulfide) groups is 2. The lowest BCUT2D eigenvalue weighted by atomic mass is 10.1. The average Bonchev–Trinajstić information content (AvgIpc) is 2.78. The fourth-order valence-corrected chi connectivity index (χ4v) is 5.13. The number of rotatable bonds is 4. The Morgan fingerprint density at radius 1 is 1.25 bits per heavy atom. The summed E-state index contributed by atoms with van der Waals surface area (Å²) in [5.41, 5.74) is 1.25. The Morgan fingerprint density at radius 2 is 1.88 bits per heavy atom. The lowest BCUT2D eigenvalue weighted by molar-refractivity contribution is -0.137. The summed E-state index contributed by atoms with van der Waals surface area (Å²) < 4.78 is -0.0281. The van der Waals surface area contributed by atoms with Gasteiger partial charge in [-0.25, -0.2) is 0 Å². The third kappa shape index (κ3) is 2.55. The van der Waals surface area contributed by atoms with Crippen molar-refractivity contribution < 1.29 is 9.90 Å². The first kappa shape index (κ1) is 11.9. The van der Waals surface area contributed by atoms with Crippen LogP contribution in [0.5, 0.6) is 0 Å². The Bertz CT molecular complexity index is 359. The second-order valence-corrected chi connectivity index (χ2v) is 6.76. The maximum atomic E-state index is 10.7. The summed E-state index contributed by atoms with van der Waals surface area (Å²) in [6.45, 7) is 0. The molecule has 2 rings (SSSR count). The molecule has 0 radical (unpaired) electrons. The molecule has 1 saturated heterocycles. The maximum Gasteiger partial charge on any atom is 0.303 e. The first-order valence-electron chi connectivity index (χ1n) is 5.28. The topological polar surface area (TPSA) is 37.3 Å². The van der Waals surface area contributed by atoms with Gasteiger partial charge in [0.25, 0.3) is 0 Å². The predicted octanol–water partition coefficient (Wildman–Crippen LogP) is 3.18. The van der Waals surface area contributed by atoms with Gasteiger partial charge in [-0.1, -0.05) is 30.3 Å². The molecule has 1 aliphatic rings. The second-order valence-electron chi connectivity index (χ2n) is 3.71. The van der Waals surface area contributed by atoms with Gasteiger partial charge in [-0.05, 0) is 12.0 Å². The van der Waals surface area contributed by atoms with Crippen molar-refractivity contribution in [3.8, 4) is 0 Å². The Kier molecular flexibility index (Phi) is 3.82. The van der Waals surface area contributed by atoms with Gasteiger partial charge in [-0.3, -0.25) is 4.79 Å². The van der Waals surface area contributed by atoms with Gasteiger partial charge in [0.2, 0.25) is 0 Å². The van der Waals surface area contributed by atoms with E-state index in [9.17, 15) is 4.79 Å². The largest absolute Gasteiger partial charge is 0.481 e. The summed E-state index contributed by atoms with van der Waals surface area (Å²) in [6, 6.07) is 10.3. The van der Waals surface area contributed by atoms with E-state index in [2.05, 4.69) is 12.1 Å². The van der Waals surface area contributed by atoms with Crippen molar-refractivity contribution in [1.82, 2.24) is 0 Å². The van der Waals surface area contributed by atoms with Crippen LogP contribution >= 0.6 is 23.5 Å². The van der Waals surface area contributed by atoms with Gasteiger partial charge >= 0.3 is 5.97 Å². The molecule has 0 aromatic heterocycles. The summed E-state index contributed by atoms with van der Waals surface area (Å²) in [7, 11) is 0. The van der Waals surface area contributed by atoms with Gasteiger partial charge in [0.05, 0.1) is 4.08 Å². The van der Waals surface area contributed by atoms with Crippen LogP contribution in [-0.2, 0) is 8.87 Å². The van der Waals surface area contributed by atoms with Gasteiger partial charge in [-0.2, -0.15) is 0 Å². The first-order chi connectivity index (χ1) is 7.73. The van der Waals surface area contributed by atoms with Crippen LogP contribution in [0.2, 0.25) is 0 Å². The minimum Gasteiger partial charge on any atom is -0.481 e. The van der Waals surface area contributed by atoms with Crippen molar-refractivity contribution in [3.63, 3.8) is 0 Å². The molecule has 1 aliphatic heterocycles. The molecule has 0 amide bonds. The number of carboxylic acid groups (broad SMARTS) is 1. The molecule has 1 heterocycles. The number of carboxylic acids is 1. The van der Waals surface area contributed by atoms with Crippen molar-refractivity contribution in [2.45, 2.75) is 16.9 Å². The van der Waals surface area contributed by atoms with Crippen molar-refractivity contribution in [3.05, 3.63) is 35.9 Å². The van der Waals surface area contributed by atoms with E-state index in [1.165, 1.54) is 5.56 Å². The lowest BCUT2D eigenvalue weighted by Crippen LogP contribution is -2.16. The third-order valence-electron chi connectivity index (χ3n) is 2.64. The molecule has 0 spiro atoms. The summed E-state index contributed by atoms with van der Waals surface area (Å²) >= 11 is 3.77. The van der Waals surface area contributed by atoms with Crippen LogP contribution < -0.4 is 0 Å². The quantitative estimate of drug-likeness (QED) is 0.895. The first-order valence-corrected chi connectivity index (χ1v) is 7.25. The smallest absolute Gasteiger partial charge is 0.303 e. The fraction of sp³-hybridized carbons (Fsp3) is 0.417. The Labute approximate surface area is 104 Å². The molecule has 1 aromatic carbocycles. The summed E-state index contributed by atoms with van der Waals surface area (Å²) in [5, 5.41) is 8.82. The van der Waals surface area contributed by atoms with Gasteiger partial charge in [0.15, 0.2) is 0 Å². The van der Waals surface area contributed by atoms with Crippen LogP contribution in [0.3, 0.4) is 0 Å². The van der Waals surface area contributed by atoms with Crippen LogP contribution in [0.1, 0.15) is 18.4 Å². The Balaban J connectivity index is 2.19. The molecule has 86 valence electrons. The minimum absolute atomic E-state index is 0.0281. The van der Waals surface area contributed by atoms with Crippen LogP contribution in [0.25, 0.3) is 0 Å². The fourth-order valence-electron chi connectivity index (χ4n) is 1.87. The van der Waals surface area contributed by atoms with Crippen LogP contribution in [-0.4, -0.2) is 22.6 Å².